The van der Waals surface area contributed by atoms with Crippen molar-refractivity contribution in [1.82, 2.24) is 35.4 Å². The fourth-order valence-electron chi connectivity index (χ4n) is 4.18. The smallest absolute Gasteiger partial charge is 0.335 e. The second-order valence-corrected chi connectivity index (χ2v) is 9.32. The summed E-state index contributed by atoms with van der Waals surface area (Å²) in [6.45, 7) is 4.90. The van der Waals surface area contributed by atoms with Crippen LogP contribution in [-0.4, -0.2) is 46.5 Å². The number of nitrogens with zero attached hydrogens (tertiary/aromatic N) is 6. The summed E-state index contributed by atoms with van der Waals surface area (Å²) >= 11 is 0. The molecule has 0 atom stereocenters. The molecule has 0 amide bonds. The summed E-state index contributed by atoms with van der Waals surface area (Å²) < 4.78 is 1.90. The maximum Gasteiger partial charge on any atom is 0.335 e. The largest absolute Gasteiger partial charge is 0.478 e. The highest BCUT2D eigenvalue weighted by Gasteiger charge is 2.15. The molecule has 5 aromatic rings. The van der Waals surface area contributed by atoms with Crippen molar-refractivity contribution in [3.8, 4) is 33.9 Å². The molecule has 9 nitrogen and oxygen atoms in total. The zero-order chi connectivity index (χ0) is 25.8. The van der Waals surface area contributed by atoms with Crippen molar-refractivity contribution in [3.05, 3.63) is 89.7 Å². The maximum atomic E-state index is 11.3. The van der Waals surface area contributed by atoms with Gasteiger partial charge < -0.3 is 5.11 Å². The van der Waals surface area contributed by atoms with Crippen molar-refractivity contribution in [3.63, 3.8) is 0 Å². The van der Waals surface area contributed by atoms with E-state index in [2.05, 4.69) is 58.7 Å². The minimum Gasteiger partial charge on any atom is -0.478 e. The zero-order valence-corrected chi connectivity index (χ0v) is 20.7. The lowest BCUT2D eigenvalue weighted by molar-refractivity contribution is 0.0697. The molecule has 186 valence electrons. The predicted octanol–water partition coefficient (Wildman–Crippen LogP) is 5.13. The Morgan fingerprint density at radius 1 is 0.946 bits per heavy atom. The van der Waals surface area contributed by atoms with Gasteiger partial charge in [-0.3, -0.25) is 0 Å². The van der Waals surface area contributed by atoms with E-state index in [1.165, 1.54) is 0 Å². The van der Waals surface area contributed by atoms with Crippen LogP contribution in [0.4, 0.5) is 0 Å². The number of nitrogens with one attached hydrogen (secondary N) is 1. The number of aromatic carboxylic acids is 1. The van der Waals surface area contributed by atoms with Gasteiger partial charge in [0.2, 0.25) is 0 Å². The number of aromatic amines is 1. The number of hydrogen-bond acceptors (Lipinski definition) is 6. The summed E-state index contributed by atoms with van der Waals surface area (Å²) in [7, 11) is 0. The van der Waals surface area contributed by atoms with Gasteiger partial charge in [-0.1, -0.05) is 74.5 Å². The Hall–Kier alpha value is -4.66. The predicted molar refractivity (Wildman–Crippen MR) is 140 cm³/mol. The van der Waals surface area contributed by atoms with Gasteiger partial charge in [0, 0.05) is 17.5 Å². The Bertz CT molecular complexity index is 1490. The summed E-state index contributed by atoms with van der Waals surface area (Å²) in [5.74, 6) is 1.73. The van der Waals surface area contributed by atoms with Crippen molar-refractivity contribution >= 4 is 5.97 Å². The summed E-state index contributed by atoms with van der Waals surface area (Å²) in [4.78, 5) is 16.1. The number of carboxylic acids is 1. The number of carboxylic acid groups (broad SMARTS) is 1. The normalized spacial score (nSPS) is 11.2. The van der Waals surface area contributed by atoms with Gasteiger partial charge in [-0.15, -0.1) is 5.10 Å². The van der Waals surface area contributed by atoms with Crippen molar-refractivity contribution in [1.29, 1.82) is 0 Å². The molecule has 0 aliphatic heterocycles. The lowest BCUT2D eigenvalue weighted by Crippen LogP contribution is -2.05. The Morgan fingerprint density at radius 3 is 2.30 bits per heavy atom. The van der Waals surface area contributed by atoms with E-state index in [1.54, 1.807) is 24.3 Å². The summed E-state index contributed by atoms with van der Waals surface area (Å²) in [6, 6.07) is 23.1. The van der Waals surface area contributed by atoms with Crippen LogP contribution in [0.1, 0.15) is 42.0 Å². The van der Waals surface area contributed by atoms with Gasteiger partial charge in [-0.2, -0.15) is 5.10 Å². The molecule has 0 bridgehead atoms. The van der Waals surface area contributed by atoms with Crippen molar-refractivity contribution in [2.45, 2.75) is 33.2 Å². The van der Waals surface area contributed by atoms with Gasteiger partial charge in [-0.25, -0.2) is 19.6 Å². The van der Waals surface area contributed by atoms with Crippen LogP contribution in [0.3, 0.4) is 0 Å². The fourth-order valence-corrected chi connectivity index (χ4v) is 4.18. The average molecular weight is 494 g/mol. The lowest BCUT2D eigenvalue weighted by Gasteiger charge is -2.10. The van der Waals surface area contributed by atoms with E-state index in [0.717, 1.165) is 52.3 Å². The first kappa shape index (κ1) is 24.1. The Labute approximate surface area is 214 Å². The van der Waals surface area contributed by atoms with Crippen LogP contribution in [0.15, 0.2) is 72.8 Å². The van der Waals surface area contributed by atoms with E-state index in [9.17, 15) is 9.90 Å². The number of benzene rings is 3. The molecule has 2 heterocycles. The third-order valence-corrected chi connectivity index (χ3v) is 6.18. The van der Waals surface area contributed by atoms with E-state index in [0.29, 0.717) is 18.3 Å². The first-order valence-electron chi connectivity index (χ1n) is 12.2. The zero-order valence-electron chi connectivity index (χ0n) is 20.7. The molecule has 0 saturated heterocycles. The van der Waals surface area contributed by atoms with Gasteiger partial charge in [0.05, 0.1) is 12.1 Å². The molecule has 0 unspecified atom stereocenters. The lowest BCUT2D eigenvalue weighted by atomic mass is 9.98. The third kappa shape index (κ3) is 5.45. The molecule has 0 aliphatic carbocycles. The molecule has 0 saturated carbocycles. The van der Waals surface area contributed by atoms with Crippen molar-refractivity contribution in [2.75, 3.05) is 0 Å². The van der Waals surface area contributed by atoms with Crippen LogP contribution in [-0.2, 0) is 13.0 Å². The van der Waals surface area contributed by atoms with Crippen molar-refractivity contribution in [2.24, 2.45) is 5.92 Å². The fraction of sp³-hybridized carbons (Fsp3) is 0.214. The van der Waals surface area contributed by atoms with Crippen LogP contribution in [0.25, 0.3) is 33.9 Å². The van der Waals surface area contributed by atoms with Crippen LogP contribution in [0.5, 0.6) is 0 Å². The average Bonchev–Trinajstić information content (AvgIpc) is 3.59. The standard InChI is InChI=1S/C28H27N7O2/c1-18(2)7-16-25-29-27(21-12-14-22(15-13-21)28(36)37)35(32-25)17-19-8-10-20(11-9-19)23-5-3-4-6-24(23)26-30-33-34-31-26/h3-6,8-15,18H,7,16-17H2,1-2H3,(H,36,37)(H,30,31,33,34). The number of tetrazole rings is 1. The maximum absolute atomic E-state index is 11.3. The van der Waals surface area contributed by atoms with Gasteiger partial charge in [0.1, 0.15) is 0 Å². The molecule has 0 aliphatic rings. The van der Waals surface area contributed by atoms with E-state index >= 15 is 0 Å². The van der Waals surface area contributed by atoms with Gasteiger partial charge in [0.15, 0.2) is 17.5 Å². The molecule has 2 aromatic heterocycles. The molecule has 3 aromatic carbocycles. The topological polar surface area (TPSA) is 122 Å². The van der Waals surface area contributed by atoms with Crippen LogP contribution in [0, 0.1) is 5.92 Å². The molecule has 9 heteroatoms. The summed E-state index contributed by atoms with van der Waals surface area (Å²) in [5, 5.41) is 28.4. The Kier molecular flexibility index (Phi) is 6.85. The molecule has 37 heavy (non-hydrogen) atoms. The number of H-pyrrole nitrogens is 1. The highest BCUT2D eigenvalue weighted by Crippen LogP contribution is 2.30. The summed E-state index contributed by atoms with van der Waals surface area (Å²) in [6.07, 6.45) is 1.79. The summed E-state index contributed by atoms with van der Waals surface area (Å²) in [5.41, 5.74) is 5.16. The van der Waals surface area contributed by atoms with Gasteiger partial charge in [-0.05, 0) is 51.6 Å². The number of aryl methyl sites for hydroxylation is 1. The second-order valence-electron chi connectivity index (χ2n) is 9.32. The van der Waals surface area contributed by atoms with Crippen LogP contribution >= 0.6 is 0 Å². The Morgan fingerprint density at radius 2 is 1.65 bits per heavy atom. The van der Waals surface area contributed by atoms with Gasteiger partial charge >= 0.3 is 5.97 Å². The number of hydrogen-bond donors (Lipinski definition) is 2. The first-order valence-corrected chi connectivity index (χ1v) is 12.2. The minimum atomic E-state index is -0.952. The van der Waals surface area contributed by atoms with Gasteiger partial charge in [0.25, 0.3) is 0 Å². The third-order valence-electron chi connectivity index (χ3n) is 6.18. The highest BCUT2D eigenvalue weighted by atomic mass is 16.4. The number of carbonyl (C=O) groups is 1. The van der Waals surface area contributed by atoms with E-state index in [4.69, 9.17) is 10.1 Å². The molecule has 5 rings (SSSR count). The van der Waals surface area contributed by atoms with Crippen LogP contribution < -0.4 is 0 Å². The van der Waals surface area contributed by atoms with Crippen molar-refractivity contribution < 1.29 is 9.90 Å². The van der Waals surface area contributed by atoms with Crippen LogP contribution in [0.2, 0.25) is 0 Å². The number of rotatable bonds is 9. The number of aromatic nitrogens is 7. The van der Waals surface area contributed by atoms with E-state index in [1.807, 2.05) is 28.9 Å². The van der Waals surface area contributed by atoms with E-state index < -0.39 is 5.97 Å². The molecule has 0 spiro atoms. The Balaban J connectivity index is 1.43. The molecule has 0 fully saturated rings. The SMILES string of the molecule is CC(C)CCc1nc(-c2ccc(C(=O)O)cc2)n(Cc2ccc(-c3ccccc3-c3nnn[nH]3)cc2)n1. The highest BCUT2D eigenvalue weighted by molar-refractivity contribution is 5.88. The monoisotopic (exact) mass is 493 g/mol. The minimum absolute atomic E-state index is 0.242. The molecular weight excluding hydrogens is 466 g/mol. The molecule has 2 N–H and O–H groups in total. The second kappa shape index (κ2) is 10.5. The molecular formula is C28H27N7O2. The first-order chi connectivity index (χ1) is 18.0. The quantitative estimate of drug-likeness (QED) is 0.292. The molecule has 0 radical (unpaired) electrons. The van der Waals surface area contributed by atoms with E-state index in [-0.39, 0.29) is 5.56 Å².